The number of amides is 1. The van der Waals surface area contributed by atoms with E-state index in [-0.39, 0.29) is 18.5 Å². The van der Waals surface area contributed by atoms with Crippen molar-refractivity contribution < 1.29 is 14.3 Å². The molecule has 1 aromatic rings. The maximum Gasteiger partial charge on any atom is 0.325 e. The SMILES string of the molecule is CCOC(=O)CN(C(=O)c1cccnc1C)C(C)C. The number of pyridine rings is 1. The van der Waals surface area contributed by atoms with Crippen LogP contribution in [0.2, 0.25) is 0 Å². The van der Waals surface area contributed by atoms with Crippen LogP contribution in [0.4, 0.5) is 0 Å². The van der Waals surface area contributed by atoms with Crippen molar-refractivity contribution in [1.82, 2.24) is 9.88 Å². The van der Waals surface area contributed by atoms with Gasteiger partial charge in [0, 0.05) is 17.9 Å². The van der Waals surface area contributed by atoms with E-state index in [0.29, 0.717) is 17.9 Å². The number of hydrogen-bond acceptors (Lipinski definition) is 4. The molecule has 0 aliphatic heterocycles. The van der Waals surface area contributed by atoms with Crippen molar-refractivity contribution in [2.24, 2.45) is 0 Å². The van der Waals surface area contributed by atoms with Crippen LogP contribution in [0.25, 0.3) is 0 Å². The van der Waals surface area contributed by atoms with Gasteiger partial charge in [0.25, 0.3) is 5.91 Å². The van der Waals surface area contributed by atoms with Gasteiger partial charge >= 0.3 is 5.97 Å². The lowest BCUT2D eigenvalue weighted by atomic mass is 10.1. The van der Waals surface area contributed by atoms with E-state index in [0.717, 1.165) is 0 Å². The fourth-order valence-electron chi connectivity index (χ4n) is 1.70. The highest BCUT2D eigenvalue weighted by atomic mass is 16.5. The molecule has 0 saturated heterocycles. The summed E-state index contributed by atoms with van der Waals surface area (Å²) in [6.45, 7) is 7.51. The Morgan fingerprint density at radius 1 is 1.42 bits per heavy atom. The second-order valence-electron chi connectivity index (χ2n) is 4.47. The number of carbonyl (C=O) groups excluding carboxylic acids is 2. The number of hydrogen-bond donors (Lipinski definition) is 0. The molecule has 0 spiro atoms. The van der Waals surface area contributed by atoms with Gasteiger partial charge < -0.3 is 9.64 Å². The van der Waals surface area contributed by atoms with Gasteiger partial charge in [-0.15, -0.1) is 0 Å². The molecule has 0 unspecified atom stereocenters. The molecule has 5 heteroatoms. The molecular weight excluding hydrogens is 244 g/mol. The predicted octanol–water partition coefficient (Wildman–Crippen LogP) is 1.80. The van der Waals surface area contributed by atoms with E-state index in [9.17, 15) is 9.59 Å². The van der Waals surface area contributed by atoms with Crippen LogP contribution in [-0.4, -0.2) is 41.0 Å². The summed E-state index contributed by atoms with van der Waals surface area (Å²) in [6.07, 6.45) is 1.64. The number of esters is 1. The Bertz CT molecular complexity index is 458. The van der Waals surface area contributed by atoms with Crippen molar-refractivity contribution in [3.63, 3.8) is 0 Å². The lowest BCUT2D eigenvalue weighted by Crippen LogP contribution is -2.41. The molecule has 0 aliphatic carbocycles. The predicted molar refractivity (Wildman–Crippen MR) is 71.8 cm³/mol. The van der Waals surface area contributed by atoms with Gasteiger partial charge in [0.15, 0.2) is 0 Å². The zero-order chi connectivity index (χ0) is 14.4. The van der Waals surface area contributed by atoms with E-state index in [1.807, 2.05) is 13.8 Å². The van der Waals surface area contributed by atoms with Gasteiger partial charge in [-0.25, -0.2) is 0 Å². The Morgan fingerprint density at radius 2 is 2.11 bits per heavy atom. The minimum Gasteiger partial charge on any atom is -0.465 e. The lowest BCUT2D eigenvalue weighted by Gasteiger charge is -2.26. The van der Waals surface area contributed by atoms with Crippen molar-refractivity contribution in [2.45, 2.75) is 33.7 Å². The van der Waals surface area contributed by atoms with E-state index in [4.69, 9.17) is 4.74 Å². The summed E-state index contributed by atoms with van der Waals surface area (Å²) in [5.74, 6) is -0.597. The number of ether oxygens (including phenoxy) is 1. The van der Waals surface area contributed by atoms with E-state index >= 15 is 0 Å². The van der Waals surface area contributed by atoms with E-state index in [2.05, 4.69) is 4.98 Å². The fourth-order valence-corrected chi connectivity index (χ4v) is 1.70. The van der Waals surface area contributed by atoms with Crippen molar-refractivity contribution >= 4 is 11.9 Å². The Hall–Kier alpha value is -1.91. The third-order valence-corrected chi connectivity index (χ3v) is 2.73. The topological polar surface area (TPSA) is 59.5 Å². The minimum absolute atomic E-state index is 0.0430. The number of nitrogens with zero attached hydrogens (tertiary/aromatic N) is 2. The minimum atomic E-state index is -0.397. The van der Waals surface area contributed by atoms with Crippen LogP contribution in [0.15, 0.2) is 18.3 Å². The summed E-state index contributed by atoms with van der Waals surface area (Å²) in [6, 6.07) is 3.34. The molecule has 0 fully saturated rings. The normalized spacial score (nSPS) is 10.4. The molecule has 0 saturated carbocycles. The lowest BCUT2D eigenvalue weighted by molar-refractivity contribution is -0.144. The van der Waals surface area contributed by atoms with Gasteiger partial charge in [0.1, 0.15) is 6.54 Å². The largest absolute Gasteiger partial charge is 0.465 e. The van der Waals surface area contributed by atoms with E-state index in [1.165, 1.54) is 4.90 Å². The van der Waals surface area contributed by atoms with Crippen LogP contribution < -0.4 is 0 Å². The molecule has 0 atom stereocenters. The van der Waals surface area contributed by atoms with Crippen LogP contribution >= 0.6 is 0 Å². The maximum absolute atomic E-state index is 12.4. The van der Waals surface area contributed by atoms with Crippen LogP contribution in [0.5, 0.6) is 0 Å². The molecule has 1 rings (SSSR count). The highest BCUT2D eigenvalue weighted by molar-refractivity contribution is 5.97. The molecule has 1 heterocycles. The summed E-state index contributed by atoms with van der Waals surface area (Å²) < 4.78 is 4.89. The first-order valence-electron chi connectivity index (χ1n) is 6.35. The smallest absolute Gasteiger partial charge is 0.325 e. The molecule has 0 N–H and O–H groups in total. The Balaban J connectivity index is 2.91. The van der Waals surface area contributed by atoms with Gasteiger partial charge in [-0.3, -0.25) is 14.6 Å². The average molecular weight is 264 g/mol. The van der Waals surface area contributed by atoms with Crippen LogP contribution in [-0.2, 0) is 9.53 Å². The first kappa shape index (κ1) is 15.1. The van der Waals surface area contributed by atoms with Gasteiger partial charge in [-0.2, -0.15) is 0 Å². The summed E-state index contributed by atoms with van der Waals surface area (Å²) in [7, 11) is 0. The van der Waals surface area contributed by atoms with Crippen LogP contribution in [0.1, 0.15) is 36.8 Å². The van der Waals surface area contributed by atoms with Crippen molar-refractivity contribution in [3.8, 4) is 0 Å². The second kappa shape index (κ2) is 6.87. The van der Waals surface area contributed by atoms with Crippen LogP contribution in [0.3, 0.4) is 0 Å². The van der Waals surface area contributed by atoms with E-state index < -0.39 is 5.97 Å². The number of aryl methyl sites for hydroxylation is 1. The quantitative estimate of drug-likeness (QED) is 0.761. The summed E-state index contributed by atoms with van der Waals surface area (Å²) >= 11 is 0. The first-order chi connectivity index (χ1) is 8.97. The molecule has 0 radical (unpaired) electrons. The summed E-state index contributed by atoms with van der Waals surface area (Å²) in [4.78, 5) is 29.6. The second-order valence-corrected chi connectivity index (χ2v) is 4.47. The molecule has 0 aromatic carbocycles. The van der Waals surface area contributed by atoms with Gasteiger partial charge in [0.2, 0.25) is 0 Å². The monoisotopic (exact) mass is 264 g/mol. The standard InChI is InChI=1S/C14H20N2O3/c1-5-19-13(17)9-16(10(2)3)14(18)12-7-6-8-15-11(12)4/h6-8,10H,5,9H2,1-4H3. The zero-order valence-electron chi connectivity index (χ0n) is 11.8. The first-order valence-corrected chi connectivity index (χ1v) is 6.35. The molecule has 5 nitrogen and oxygen atoms in total. The molecular formula is C14H20N2O3. The number of carbonyl (C=O) groups is 2. The van der Waals surface area contributed by atoms with E-state index in [1.54, 1.807) is 32.2 Å². The third-order valence-electron chi connectivity index (χ3n) is 2.73. The molecule has 0 bridgehead atoms. The zero-order valence-corrected chi connectivity index (χ0v) is 11.8. The molecule has 104 valence electrons. The highest BCUT2D eigenvalue weighted by Crippen LogP contribution is 2.11. The Labute approximate surface area is 113 Å². The fraction of sp³-hybridized carbons (Fsp3) is 0.500. The molecule has 1 aromatic heterocycles. The molecule has 1 amide bonds. The highest BCUT2D eigenvalue weighted by Gasteiger charge is 2.23. The number of rotatable bonds is 5. The third kappa shape index (κ3) is 4.05. The van der Waals surface area contributed by atoms with Gasteiger partial charge in [-0.1, -0.05) is 0 Å². The van der Waals surface area contributed by atoms with Crippen molar-refractivity contribution in [3.05, 3.63) is 29.6 Å². The van der Waals surface area contributed by atoms with Gasteiger partial charge in [-0.05, 0) is 39.8 Å². The van der Waals surface area contributed by atoms with Crippen LogP contribution in [0, 0.1) is 6.92 Å². The molecule has 19 heavy (non-hydrogen) atoms. The molecule has 0 aliphatic rings. The maximum atomic E-state index is 12.4. The summed E-state index contributed by atoms with van der Waals surface area (Å²) in [5, 5.41) is 0. The summed E-state index contributed by atoms with van der Waals surface area (Å²) in [5.41, 5.74) is 1.17. The van der Waals surface area contributed by atoms with Gasteiger partial charge in [0.05, 0.1) is 12.2 Å². The van der Waals surface area contributed by atoms with Crippen molar-refractivity contribution in [1.29, 1.82) is 0 Å². The Morgan fingerprint density at radius 3 is 2.63 bits per heavy atom. The average Bonchev–Trinajstić information content (AvgIpc) is 2.36. The number of aromatic nitrogens is 1. The van der Waals surface area contributed by atoms with Crippen molar-refractivity contribution in [2.75, 3.05) is 13.2 Å². The Kier molecular flexibility index (Phi) is 5.48.